The van der Waals surface area contributed by atoms with Crippen molar-refractivity contribution < 1.29 is 9.90 Å². The van der Waals surface area contributed by atoms with E-state index < -0.39 is 5.97 Å². The van der Waals surface area contributed by atoms with Gasteiger partial charge in [-0.15, -0.1) is 45.3 Å². The van der Waals surface area contributed by atoms with Gasteiger partial charge in [-0.2, -0.15) is 45.6 Å². The maximum absolute atomic E-state index is 11.2. The zero-order chi connectivity index (χ0) is 76.0. The molecule has 0 aliphatic heterocycles. The molecule has 20 aromatic rings. The third-order valence-electron chi connectivity index (χ3n) is 17.4. The molecule has 0 spiro atoms. The molecule has 12 aromatic heterocycles. The van der Waals surface area contributed by atoms with Gasteiger partial charge in [0, 0.05) is 67.0 Å². The fourth-order valence-corrected chi connectivity index (χ4v) is 15.4. The molecule has 112 heavy (non-hydrogen) atoms. The first-order valence-corrected chi connectivity index (χ1v) is 38.2. The van der Waals surface area contributed by atoms with E-state index >= 15 is 0 Å². The van der Waals surface area contributed by atoms with Crippen LogP contribution in [0.2, 0.25) is 0 Å². The predicted octanol–water partition coefficient (Wildman–Crippen LogP) is 20.7. The molecule has 0 saturated carbocycles. The second-order valence-corrected chi connectivity index (χ2v) is 29.3. The quantitative estimate of drug-likeness (QED) is 0.0403. The number of thiophene rings is 4. The van der Waals surface area contributed by atoms with Gasteiger partial charge in [-0.05, 0) is 223 Å². The van der Waals surface area contributed by atoms with Crippen LogP contribution >= 0.6 is 45.3 Å². The number of aromatic amines is 4. The molecular formula is C81H61N25O2S4. The van der Waals surface area contributed by atoms with E-state index in [1.165, 1.54) is 22.8 Å². The number of carboxylic acid groups (broad SMARTS) is 1. The summed E-state index contributed by atoms with van der Waals surface area (Å²) in [7, 11) is 0. The van der Waals surface area contributed by atoms with Crippen LogP contribution in [0.4, 0.5) is 92.6 Å². The molecule has 12 heterocycles. The molecule has 0 aliphatic rings. The summed E-state index contributed by atoms with van der Waals surface area (Å²) in [6.07, 6.45) is 7.18. The Kier molecular flexibility index (Phi) is 19.5. The molecule has 0 bridgehead atoms. The topological polar surface area (TPSA) is 375 Å². The summed E-state index contributed by atoms with van der Waals surface area (Å²) < 4.78 is 3.97. The Hall–Kier alpha value is -14.8. The van der Waals surface area contributed by atoms with Crippen LogP contribution in [0.15, 0.2) is 234 Å². The van der Waals surface area contributed by atoms with Gasteiger partial charge in [0.25, 0.3) is 0 Å². The number of hydrogen-bond acceptors (Lipinski definition) is 26. The Morgan fingerprint density at radius 3 is 1.02 bits per heavy atom. The van der Waals surface area contributed by atoms with Crippen molar-refractivity contribution in [2.45, 2.75) is 20.8 Å². The van der Waals surface area contributed by atoms with Gasteiger partial charge < -0.3 is 47.6 Å². The van der Waals surface area contributed by atoms with Crippen molar-refractivity contribution in [1.82, 2.24) is 80.7 Å². The lowest BCUT2D eigenvalue weighted by atomic mass is 10.1. The molecule has 0 unspecified atom stereocenters. The molecule has 0 saturated heterocycles. The number of aromatic carboxylic acids is 1. The van der Waals surface area contributed by atoms with Gasteiger partial charge >= 0.3 is 5.97 Å². The largest absolute Gasteiger partial charge is 0.478 e. The number of anilines is 16. The molecular weight excluding hydrogens is 1480 g/mol. The summed E-state index contributed by atoms with van der Waals surface area (Å²) in [6.45, 7) is 6.23. The van der Waals surface area contributed by atoms with Crippen LogP contribution in [0.25, 0.3) is 84.5 Å². The number of hydrogen-bond donors (Lipinski definition) is 13. The van der Waals surface area contributed by atoms with Crippen LogP contribution in [0.1, 0.15) is 32.6 Å². The highest BCUT2D eigenvalue weighted by Crippen LogP contribution is 2.37. The Bertz CT molecular complexity index is 6870. The number of aromatic nitrogens is 16. The summed E-state index contributed by atoms with van der Waals surface area (Å²) >= 11 is 6.38. The van der Waals surface area contributed by atoms with Crippen molar-refractivity contribution >= 4 is 228 Å². The standard InChI is InChI=1S/C21H18N6S.C20H13N7S.C20H14N6O2S.C20H16N6S/c1-12-7-13(2)9-16(8-12)24-21-25-18-5-6-28-19(18)20(26-21)23-15-3-4-17-14(10-15)11-22-27-17;21-10-12-1-3-14(4-2-12)24-20-25-17-7-8-28-18(17)19(26-20)23-15-5-6-16-13(9-15)11-22-27-16;27-19(28)11-2-1-3-13(8-11)23-20-24-16-6-7-29-17(16)18(25-20)22-14-4-5-15-12(9-14)10-21-26-15;1-12-3-2-4-14(9-12)23-20-24-17-7-8-27-18(17)19(25-20)22-15-5-6-16-13(10-15)11-21-26-16/h3-11H,1-2H3,(H,22,27)(H2,23,24,25,26);1-9,11H,(H,22,27)(H2,23,24,25,26);1-10H,(H,21,26)(H,27,28)(H2,22,23,24,25);2-11H,1H3,(H,21,26)(H2,22,23,24,25). The summed E-state index contributed by atoms with van der Waals surface area (Å²) in [5, 5.41) is 84.9. The van der Waals surface area contributed by atoms with Crippen molar-refractivity contribution in [2.24, 2.45) is 0 Å². The van der Waals surface area contributed by atoms with E-state index in [1.54, 1.807) is 88.1 Å². The minimum Gasteiger partial charge on any atom is -0.478 e. The number of nitrogens with zero attached hydrogens (tertiary/aromatic N) is 13. The number of aryl methyl sites for hydroxylation is 3. The smallest absolute Gasteiger partial charge is 0.335 e. The third-order valence-corrected chi connectivity index (χ3v) is 21.1. The van der Waals surface area contributed by atoms with Gasteiger partial charge in [0.05, 0.1) is 105 Å². The highest BCUT2D eigenvalue weighted by atomic mass is 32.1. The van der Waals surface area contributed by atoms with Crippen LogP contribution in [-0.4, -0.2) is 91.7 Å². The summed E-state index contributed by atoms with van der Waals surface area (Å²) in [5.74, 6) is 4.00. The van der Waals surface area contributed by atoms with E-state index in [0.29, 0.717) is 40.9 Å². The molecule has 0 amide bonds. The molecule has 13 N–H and O–H groups in total. The fourth-order valence-electron chi connectivity index (χ4n) is 12.3. The molecule has 546 valence electrons. The molecule has 31 heteroatoms. The number of carboxylic acids is 1. The first-order chi connectivity index (χ1) is 54.8. The normalized spacial score (nSPS) is 11.1. The Labute approximate surface area is 651 Å². The van der Waals surface area contributed by atoms with Gasteiger partial charge in [0.2, 0.25) is 23.8 Å². The number of rotatable bonds is 17. The van der Waals surface area contributed by atoms with Gasteiger partial charge in [-0.1, -0.05) is 24.3 Å². The lowest BCUT2D eigenvalue weighted by molar-refractivity contribution is 0.0696. The van der Waals surface area contributed by atoms with Gasteiger partial charge in [0.1, 0.15) is 0 Å². The Morgan fingerprint density at radius 2 is 0.661 bits per heavy atom. The number of benzene rings is 8. The fraction of sp³-hybridized carbons (Fsp3) is 0.0370. The second-order valence-electron chi connectivity index (χ2n) is 25.6. The Morgan fingerprint density at radius 1 is 0.339 bits per heavy atom. The van der Waals surface area contributed by atoms with Crippen LogP contribution in [-0.2, 0) is 0 Å². The van der Waals surface area contributed by atoms with Gasteiger partial charge in [0.15, 0.2) is 23.3 Å². The molecule has 8 aromatic carbocycles. The average Bonchev–Trinajstić information content (AvgIpc) is 1.60. The van der Waals surface area contributed by atoms with Crippen molar-refractivity contribution in [1.29, 1.82) is 5.26 Å². The van der Waals surface area contributed by atoms with Crippen LogP contribution in [0, 0.1) is 32.1 Å². The number of fused-ring (bicyclic) bond motifs is 8. The minimum atomic E-state index is -0.986. The highest BCUT2D eigenvalue weighted by Gasteiger charge is 2.17. The van der Waals surface area contributed by atoms with E-state index in [4.69, 9.17) is 15.2 Å². The van der Waals surface area contributed by atoms with Crippen LogP contribution < -0.4 is 42.5 Å². The van der Waals surface area contributed by atoms with E-state index in [9.17, 15) is 9.90 Å². The number of nitriles is 1. The monoisotopic (exact) mass is 1540 g/mol. The molecule has 0 atom stereocenters. The first kappa shape index (κ1) is 70.2. The highest BCUT2D eigenvalue weighted by molar-refractivity contribution is 7.18. The predicted molar refractivity (Wildman–Crippen MR) is 452 cm³/mol. The van der Waals surface area contributed by atoms with Crippen molar-refractivity contribution in [2.75, 3.05) is 42.5 Å². The van der Waals surface area contributed by atoms with Crippen molar-refractivity contribution in [3.8, 4) is 6.07 Å². The summed E-state index contributed by atoms with van der Waals surface area (Å²) in [6, 6.07) is 62.2. The lowest BCUT2D eigenvalue weighted by Gasteiger charge is -2.11. The zero-order valence-corrected chi connectivity index (χ0v) is 62.6. The van der Waals surface area contributed by atoms with Gasteiger partial charge in [-0.25, -0.2) is 24.7 Å². The first-order valence-electron chi connectivity index (χ1n) is 34.7. The minimum absolute atomic E-state index is 0.193. The Balaban J connectivity index is 0.000000108. The van der Waals surface area contributed by atoms with Crippen molar-refractivity contribution in [3.05, 3.63) is 262 Å². The molecule has 0 aliphatic carbocycles. The molecule has 0 radical (unpaired) electrons. The summed E-state index contributed by atoms with van der Waals surface area (Å²) in [4.78, 5) is 48.4. The second kappa shape index (κ2) is 31.2. The van der Waals surface area contributed by atoms with Crippen molar-refractivity contribution in [3.63, 3.8) is 0 Å². The van der Waals surface area contributed by atoms with Crippen LogP contribution in [0.3, 0.4) is 0 Å². The third kappa shape index (κ3) is 16.1. The van der Waals surface area contributed by atoms with E-state index in [-0.39, 0.29) is 5.56 Å². The van der Waals surface area contributed by atoms with E-state index in [2.05, 4.69) is 176 Å². The number of nitrogens with one attached hydrogen (secondary N) is 12. The number of H-pyrrole nitrogens is 4. The lowest BCUT2D eigenvalue weighted by Crippen LogP contribution is -2.02. The number of carbonyl (C=O) groups is 1. The molecule has 27 nitrogen and oxygen atoms in total. The molecule has 0 fully saturated rings. The average molecular weight is 1540 g/mol. The van der Waals surface area contributed by atoms with Crippen LogP contribution in [0.5, 0.6) is 0 Å². The van der Waals surface area contributed by atoms with Gasteiger partial charge in [-0.3, -0.25) is 20.4 Å². The maximum atomic E-state index is 11.2. The van der Waals surface area contributed by atoms with E-state index in [0.717, 1.165) is 142 Å². The SMILES string of the molecule is Cc1cc(C)cc(Nc2nc(Nc3ccc4[nH]ncc4c3)c3sccc3n2)c1.Cc1cccc(Nc2nc(Nc3ccc4[nH]ncc4c3)c3sccc3n2)c1.N#Cc1ccc(Nc2nc(Nc3ccc4[nH]ncc4c3)c3sccc3n2)cc1.O=C(O)c1cccc(Nc2nc(Nc3ccc4[nH]ncc4c3)c3sccc3n2)c1. The van der Waals surface area contributed by atoms with E-state index in [1.807, 2.05) is 149 Å². The summed E-state index contributed by atoms with van der Waals surface area (Å²) in [5.41, 5.74) is 18.9. The maximum Gasteiger partial charge on any atom is 0.335 e. The zero-order valence-electron chi connectivity index (χ0n) is 59.3. The molecule has 20 rings (SSSR count).